The Hall–Kier alpha value is -0.670. The van der Waals surface area contributed by atoms with Gasteiger partial charge < -0.3 is 5.11 Å². The number of rotatable bonds is 2. The summed E-state index contributed by atoms with van der Waals surface area (Å²) in [6.07, 6.45) is 3.24. The maximum Gasteiger partial charge on any atom is 0.222 e. The summed E-state index contributed by atoms with van der Waals surface area (Å²) in [5.74, 6) is 0. The first-order valence-corrected chi connectivity index (χ1v) is 3.77. The number of halogens is 1. The van der Waals surface area contributed by atoms with Gasteiger partial charge in [0, 0.05) is 18.0 Å². The second kappa shape index (κ2) is 3.64. The van der Waals surface area contributed by atoms with Crippen molar-refractivity contribution in [3.8, 4) is 0 Å². The molecule has 0 aliphatic heterocycles. The van der Waals surface area contributed by atoms with Crippen molar-refractivity contribution in [2.24, 2.45) is 0 Å². The van der Waals surface area contributed by atoms with E-state index >= 15 is 0 Å². The topological polar surface area (TPSA) is 46.0 Å². The highest BCUT2D eigenvalue weighted by molar-refractivity contribution is 6.28. The number of aliphatic hydroxyl groups is 1. The maximum atomic E-state index is 9.30. The first-order chi connectivity index (χ1) is 5.24. The lowest BCUT2D eigenvalue weighted by Crippen LogP contribution is -1.96. The minimum atomic E-state index is -0.479. The molecule has 0 saturated heterocycles. The first-order valence-electron chi connectivity index (χ1n) is 3.39. The molecule has 0 radical (unpaired) electrons. The molecule has 0 bridgehead atoms. The lowest BCUT2D eigenvalue weighted by molar-refractivity contribution is 0.173. The molecule has 0 aliphatic rings. The zero-order valence-electron chi connectivity index (χ0n) is 6.16. The van der Waals surface area contributed by atoms with Crippen molar-refractivity contribution in [2.75, 3.05) is 0 Å². The standard InChI is InChI=1S/C7H9ClN2O/c1-2-6(11)5-3-9-7(8)10-4-5/h3-4,6,11H,2H2,1H3. The predicted molar refractivity (Wildman–Crippen MR) is 42.3 cm³/mol. The Kier molecular flexibility index (Phi) is 2.79. The van der Waals surface area contributed by atoms with E-state index in [0.717, 1.165) is 0 Å². The fraction of sp³-hybridized carbons (Fsp3) is 0.429. The molecular formula is C7H9ClN2O. The van der Waals surface area contributed by atoms with Gasteiger partial charge in [-0.2, -0.15) is 0 Å². The van der Waals surface area contributed by atoms with Gasteiger partial charge >= 0.3 is 0 Å². The molecule has 1 aromatic rings. The van der Waals surface area contributed by atoms with Crippen molar-refractivity contribution >= 4 is 11.6 Å². The van der Waals surface area contributed by atoms with Gasteiger partial charge in [-0.25, -0.2) is 9.97 Å². The van der Waals surface area contributed by atoms with Gasteiger partial charge in [0.25, 0.3) is 0 Å². The Balaban J connectivity index is 2.81. The average molecular weight is 173 g/mol. The van der Waals surface area contributed by atoms with Crippen molar-refractivity contribution in [3.05, 3.63) is 23.2 Å². The van der Waals surface area contributed by atoms with Crippen molar-refractivity contribution in [2.45, 2.75) is 19.4 Å². The summed E-state index contributed by atoms with van der Waals surface area (Å²) >= 11 is 5.46. The highest BCUT2D eigenvalue weighted by Crippen LogP contribution is 2.13. The lowest BCUT2D eigenvalue weighted by atomic mass is 10.1. The summed E-state index contributed by atoms with van der Waals surface area (Å²) in [5.41, 5.74) is 0.705. The molecule has 0 fully saturated rings. The molecule has 0 saturated carbocycles. The fourth-order valence-corrected chi connectivity index (χ4v) is 0.828. The van der Waals surface area contributed by atoms with Crippen molar-refractivity contribution < 1.29 is 5.11 Å². The largest absolute Gasteiger partial charge is 0.388 e. The number of hydrogen-bond donors (Lipinski definition) is 1. The molecule has 0 amide bonds. The van der Waals surface area contributed by atoms with E-state index in [2.05, 4.69) is 9.97 Å². The maximum absolute atomic E-state index is 9.30. The second-order valence-electron chi connectivity index (χ2n) is 2.21. The van der Waals surface area contributed by atoms with Crippen LogP contribution >= 0.6 is 11.6 Å². The van der Waals surface area contributed by atoms with Crippen LogP contribution in [0.15, 0.2) is 12.4 Å². The van der Waals surface area contributed by atoms with Gasteiger partial charge in [0.2, 0.25) is 5.28 Å². The Morgan fingerprint density at radius 2 is 2.09 bits per heavy atom. The lowest BCUT2D eigenvalue weighted by Gasteiger charge is -2.05. The molecule has 1 rings (SSSR count). The van der Waals surface area contributed by atoms with Gasteiger partial charge in [0.15, 0.2) is 0 Å². The minimum Gasteiger partial charge on any atom is -0.388 e. The van der Waals surface area contributed by atoms with E-state index in [4.69, 9.17) is 11.6 Å². The quantitative estimate of drug-likeness (QED) is 0.689. The zero-order chi connectivity index (χ0) is 8.27. The third-order valence-electron chi connectivity index (χ3n) is 1.41. The van der Waals surface area contributed by atoms with Crippen LogP contribution in [0.4, 0.5) is 0 Å². The third-order valence-corrected chi connectivity index (χ3v) is 1.61. The van der Waals surface area contributed by atoms with Crippen molar-refractivity contribution in [3.63, 3.8) is 0 Å². The molecule has 1 heterocycles. The van der Waals surface area contributed by atoms with E-state index in [1.165, 1.54) is 12.4 Å². The molecular weight excluding hydrogens is 164 g/mol. The molecule has 0 aliphatic carbocycles. The molecule has 3 nitrogen and oxygen atoms in total. The van der Waals surface area contributed by atoms with Crippen LogP contribution < -0.4 is 0 Å². The SMILES string of the molecule is CCC(O)c1cnc(Cl)nc1. The van der Waals surface area contributed by atoms with Crippen LogP contribution in [0.1, 0.15) is 25.0 Å². The van der Waals surface area contributed by atoms with Gasteiger partial charge in [0.1, 0.15) is 0 Å². The summed E-state index contributed by atoms with van der Waals surface area (Å²) in [6, 6.07) is 0. The van der Waals surface area contributed by atoms with Crippen LogP contribution in [-0.4, -0.2) is 15.1 Å². The molecule has 4 heteroatoms. The smallest absolute Gasteiger partial charge is 0.222 e. The third kappa shape index (κ3) is 2.13. The summed E-state index contributed by atoms with van der Waals surface area (Å²) in [5, 5.41) is 9.50. The Bertz CT molecular complexity index is 224. The van der Waals surface area contributed by atoms with Crippen LogP contribution in [0.2, 0.25) is 5.28 Å². The van der Waals surface area contributed by atoms with E-state index < -0.39 is 6.10 Å². The van der Waals surface area contributed by atoms with E-state index in [9.17, 15) is 5.11 Å². The second-order valence-corrected chi connectivity index (χ2v) is 2.55. The van der Waals surface area contributed by atoms with Crippen LogP contribution in [0.3, 0.4) is 0 Å². The van der Waals surface area contributed by atoms with E-state index in [-0.39, 0.29) is 5.28 Å². The number of aliphatic hydroxyl groups excluding tert-OH is 1. The molecule has 1 N–H and O–H groups in total. The predicted octanol–water partition coefficient (Wildman–Crippen LogP) is 1.57. The minimum absolute atomic E-state index is 0.206. The van der Waals surface area contributed by atoms with Crippen LogP contribution in [0.25, 0.3) is 0 Å². The molecule has 1 unspecified atom stereocenters. The van der Waals surface area contributed by atoms with Gasteiger partial charge in [-0.3, -0.25) is 0 Å². The molecule has 0 aromatic carbocycles. The Labute approximate surface area is 70.1 Å². The molecule has 1 aromatic heterocycles. The molecule has 11 heavy (non-hydrogen) atoms. The van der Waals surface area contributed by atoms with Crippen molar-refractivity contribution in [1.29, 1.82) is 0 Å². The summed E-state index contributed by atoms with van der Waals surface area (Å²) < 4.78 is 0. The summed E-state index contributed by atoms with van der Waals surface area (Å²) in [7, 11) is 0. The Morgan fingerprint density at radius 1 is 1.55 bits per heavy atom. The molecule has 1 atom stereocenters. The van der Waals surface area contributed by atoms with Crippen LogP contribution in [0.5, 0.6) is 0 Å². The van der Waals surface area contributed by atoms with Crippen molar-refractivity contribution in [1.82, 2.24) is 9.97 Å². The first kappa shape index (κ1) is 8.43. The number of aromatic nitrogens is 2. The zero-order valence-corrected chi connectivity index (χ0v) is 6.91. The van der Waals surface area contributed by atoms with Crippen LogP contribution in [0, 0.1) is 0 Å². The highest BCUT2D eigenvalue weighted by Gasteiger charge is 2.04. The van der Waals surface area contributed by atoms with E-state index in [0.29, 0.717) is 12.0 Å². The monoisotopic (exact) mass is 172 g/mol. The van der Waals surface area contributed by atoms with E-state index in [1.54, 1.807) is 0 Å². The highest BCUT2D eigenvalue weighted by atomic mass is 35.5. The summed E-state index contributed by atoms with van der Waals surface area (Å²) in [4.78, 5) is 7.48. The van der Waals surface area contributed by atoms with Gasteiger partial charge in [-0.1, -0.05) is 6.92 Å². The molecule has 0 spiro atoms. The summed E-state index contributed by atoms with van der Waals surface area (Å²) in [6.45, 7) is 1.89. The Morgan fingerprint density at radius 3 is 2.55 bits per heavy atom. The van der Waals surface area contributed by atoms with Crippen LogP contribution in [-0.2, 0) is 0 Å². The normalized spacial score (nSPS) is 13.0. The number of nitrogens with zero attached hydrogens (tertiary/aromatic N) is 2. The van der Waals surface area contributed by atoms with Gasteiger partial charge in [-0.15, -0.1) is 0 Å². The van der Waals surface area contributed by atoms with Gasteiger partial charge in [0.05, 0.1) is 6.10 Å². The number of hydrogen-bond acceptors (Lipinski definition) is 3. The molecule has 60 valence electrons. The average Bonchev–Trinajstić information content (AvgIpc) is 2.05. The van der Waals surface area contributed by atoms with Gasteiger partial charge in [-0.05, 0) is 18.0 Å². The van der Waals surface area contributed by atoms with E-state index in [1.807, 2.05) is 6.92 Å². The fourth-order valence-electron chi connectivity index (χ4n) is 0.730.